The first kappa shape index (κ1) is 11.7. The van der Waals surface area contributed by atoms with E-state index in [1.807, 2.05) is 6.07 Å². The van der Waals surface area contributed by atoms with Gasteiger partial charge in [0.15, 0.2) is 0 Å². The number of hydrogen-bond donors (Lipinski definition) is 1. The molecular formula is C15H10FNO2. The number of benzene rings is 2. The lowest BCUT2D eigenvalue weighted by atomic mass is 9.85. The van der Waals surface area contributed by atoms with Crippen LogP contribution in [0.4, 0.5) is 4.39 Å². The predicted molar refractivity (Wildman–Crippen MR) is 66.8 cm³/mol. The minimum atomic E-state index is -1.43. The predicted octanol–water partition coefficient (Wildman–Crippen LogP) is 2.60. The summed E-state index contributed by atoms with van der Waals surface area (Å²) in [6.07, 6.45) is 0. The fourth-order valence-electron chi connectivity index (χ4n) is 2.35. The number of aliphatic hydroxyl groups is 1. The second-order valence-electron chi connectivity index (χ2n) is 4.39. The van der Waals surface area contributed by atoms with Gasteiger partial charge in [0.1, 0.15) is 24.2 Å². The van der Waals surface area contributed by atoms with Gasteiger partial charge < -0.3 is 9.84 Å². The van der Waals surface area contributed by atoms with Crippen LogP contribution in [0.2, 0.25) is 0 Å². The summed E-state index contributed by atoms with van der Waals surface area (Å²) in [6, 6.07) is 13.2. The van der Waals surface area contributed by atoms with Crippen molar-refractivity contribution in [2.75, 3.05) is 6.61 Å². The number of aliphatic hydroxyl groups excluding tert-OH is 1. The molecule has 1 aliphatic heterocycles. The number of nitriles is 1. The summed E-state index contributed by atoms with van der Waals surface area (Å²) in [5.74, 6) is 0.0290. The monoisotopic (exact) mass is 255 g/mol. The summed E-state index contributed by atoms with van der Waals surface area (Å²) >= 11 is 0. The Hall–Kier alpha value is -2.38. The van der Waals surface area contributed by atoms with Crippen molar-refractivity contribution in [3.8, 4) is 22.9 Å². The maximum atomic E-state index is 13.4. The van der Waals surface area contributed by atoms with E-state index in [0.717, 1.165) is 0 Å². The molecule has 1 unspecified atom stereocenters. The standard InChI is InChI=1S/C15H10FNO2/c16-10-5-6-14-12(7-10)11-3-1-2-4-13(11)15(8-17,9-18)19-14/h1-7,18H,9H2. The largest absolute Gasteiger partial charge is 0.465 e. The van der Waals surface area contributed by atoms with Gasteiger partial charge in [0.05, 0.1) is 0 Å². The third-order valence-corrected chi connectivity index (χ3v) is 3.28. The average molecular weight is 255 g/mol. The molecule has 4 heteroatoms. The van der Waals surface area contributed by atoms with E-state index in [0.29, 0.717) is 22.4 Å². The fourth-order valence-corrected chi connectivity index (χ4v) is 2.35. The van der Waals surface area contributed by atoms with Crippen LogP contribution >= 0.6 is 0 Å². The van der Waals surface area contributed by atoms with Crippen LogP contribution in [-0.2, 0) is 5.60 Å². The minimum Gasteiger partial charge on any atom is -0.465 e. The van der Waals surface area contributed by atoms with Crippen LogP contribution in [0.1, 0.15) is 5.56 Å². The van der Waals surface area contributed by atoms with Crippen molar-refractivity contribution < 1.29 is 14.2 Å². The number of ether oxygens (including phenoxy) is 1. The molecule has 1 atom stereocenters. The summed E-state index contributed by atoms with van der Waals surface area (Å²) in [7, 11) is 0. The second-order valence-corrected chi connectivity index (χ2v) is 4.39. The Labute approximate surface area is 109 Å². The van der Waals surface area contributed by atoms with Gasteiger partial charge in [-0.3, -0.25) is 0 Å². The molecule has 3 rings (SSSR count). The van der Waals surface area contributed by atoms with Crippen molar-refractivity contribution >= 4 is 0 Å². The highest BCUT2D eigenvalue weighted by atomic mass is 19.1. The molecule has 94 valence electrons. The highest BCUT2D eigenvalue weighted by Gasteiger charge is 2.40. The summed E-state index contributed by atoms with van der Waals surface area (Å²) < 4.78 is 19.0. The number of hydrogen-bond acceptors (Lipinski definition) is 3. The molecule has 0 amide bonds. The second kappa shape index (κ2) is 4.08. The third-order valence-electron chi connectivity index (χ3n) is 3.28. The Morgan fingerprint density at radius 2 is 2.00 bits per heavy atom. The van der Waals surface area contributed by atoms with E-state index in [1.165, 1.54) is 18.2 Å². The molecule has 0 radical (unpaired) electrons. The Morgan fingerprint density at radius 1 is 1.21 bits per heavy atom. The molecule has 0 saturated carbocycles. The Bertz CT molecular complexity index is 693. The van der Waals surface area contributed by atoms with Gasteiger partial charge in [-0.2, -0.15) is 5.26 Å². The van der Waals surface area contributed by atoms with Gasteiger partial charge >= 0.3 is 0 Å². The van der Waals surface area contributed by atoms with Crippen LogP contribution < -0.4 is 4.74 Å². The molecule has 19 heavy (non-hydrogen) atoms. The van der Waals surface area contributed by atoms with Crippen LogP contribution in [0.5, 0.6) is 5.75 Å². The number of halogens is 1. The number of rotatable bonds is 1. The zero-order chi connectivity index (χ0) is 13.5. The molecule has 2 aromatic carbocycles. The van der Waals surface area contributed by atoms with Crippen LogP contribution in [0.15, 0.2) is 42.5 Å². The van der Waals surface area contributed by atoms with Crippen molar-refractivity contribution in [2.45, 2.75) is 5.60 Å². The van der Waals surface area contributed by atoms with E-state index < -0.39 is 12.2 Å². The van der Waals surface area contributed by atoms with Crippen LogP contribution in [0, 0.1) is 17.1 Å². The topological polar surface area (TPSA) is 53.2 Å². The van der Waals surface area contributed by atoms with Gasteiger partial charge in [0, 0.05) is 11.1 Å². The molecule has 0 saturated heterocycles. The van der Waals surface area contributed by atoms with E-state index >= 15 is 0 Å². The number of fused-ring (bicyclic) bond motifs is 3. The Kier molecular flexibility index (Phi) is 2.51. The highest BCUT2D eigenvalue weighted by molar-refractivity contribution is 5.77. The zero-order valence-corrected chi connectivity index (χ0v) is 9.93. The molecule has 1 N–H and O–H groups in total. The highest BCUT2D eigenvalue weighted by Crippen LogP contribution is 2.44. The van der Waals surface area contributed by atoms with Crippen LogP contribution in [0.3, 0.4) is 0 Å². The lowest BCUT2D eigenvalue weighted by Crippen LogP contribution is -2.38. The van der Waals surface area contributed by atoms with Crippen molar-refractivity contribution in [3.05, 3.63) is 53.8 Å². The minimum absolute atomic E-state index is 0.370. The SMILES string of the molecule is N#CC1(CO)Oc2ccc(F)cc2-c2ccccc21. The molecule has 1 heterocycles. The molecule has 0 aromatic heterocycles. The van der Waals surface area contributed by atoms with Crippen LogP contribution in [0.25, 0.3) is 11.1 Å². The Morgan fingerprint density at radius 3 is 2.74 bits per heavy atom. The van der Waals surface area contributed by atoms with E-state index in [2.05, 4.69) is 0 Å². The Balaban J connectivity index is 2.33. The first-order valence-corrected chi connectivity index (χ1v) is 5.81. The molecule has 0 spiro atoms. The molecule has 3 nitrogen and oxygen atoms in total. The van der Waals surface area contributed by atoms with Gasteiger partial charge in [0.2, 0.25) is 5.60 Å². The van der Waals surface area contributed by atoms with E-state index in [9.17, 15) is 14.8 Å². The average Bonchev–Trinajstić information content (AvgIpc) is 2.47. The number of nitrogens with zero attached hydrogens (tertiary/aromatic N) is 1. The molecular weight excluding hydrogens is 245 g/mol. The van der Waals surface area contributed by atoms with E-state index in [4.69, 9.17) is 4.74 Å². The summed E-state index contributed by atoms with van der Waals surface area (Å²) in [5.41, 5.74) is 0.424. The van der Waals surface area contributed by atoms with Crippen LogP contribution in [-0.4, -0.2) is 11.7 Å². The van der Waals surface area contributed by atoms with Crippen molar-refractivity contribution in [1.29, 1.82) is 5.26 Å². The molecule has 2 aromatic rings. The van der Waals surface area contributed by atoms with Gasteiger partial charge in [0.25, 0.3) is 0 Å². The molecule has 0 fully saturated rings. The van der Waals surface area contributed by atoms with E-state index in [1.54, 1.807) is 24.3 Å². The maximum Gasteiger partial charge on any atom is 0.242 e. The van der Waals surface area contributed by atoms with Gasteiger partial charge in [-0.25, -0.2) is 4.39 Å². The lowest BCUT2D eigenvalue weighted by molar-refractivity contribution is 0.0521. The smallest absolute Gasteiger partial charge is 0.242 e. The summed E-state index contributed by atoms with van der Waals surface area (Å²) in [4.78, 5) is 0. The van der Waals surface area contributed by atoms with Gasteiger partial charge in [-0.15, -0.1) is 0 Å². The lowest BCUT2D eigenvalue weighted by Gasteiger charge is -2.33. The van der Waals surface area contributed by atoms with Crippen molar-refractivity contribution in [1.82, 2.24) is 0 Å². The molecule has 0 aliphatic carbocycles. The third kappa shape index (κ3) is 1.60. The van der Waals surface area contributed by atoms with Gasteiger partial charge in [-0.05, 0) is 23.8 Å². The van der Waals surface area contributed by atoms with Crippen molar-refractivity contribution in [2.24, 2.45) is 0 Å². The first-order valence-electron chi connectivity index (χ1n) is 5.81. The fraction of sp³-hybridized carbons (Fsp3) is 0.133. The van der Waals surface area contributed by atoms with Gasteiger partial charge in [-0.1, -0.05) is 24.3 Å². The maximum absolute atomic E-state index is 13.4. The summed E-state index contributed by atoms with van der Waals surface area (Å²) in [6.45, 7) is -0.461. The molecule has 1 aliphatic rings. The molecule has 0 bridgehead atoms. The van der Waals surface area contributed by atoms with E-state index in [-0.39, 0.29) is 5.82 Å². The summed E-state index contributed by atoms with van der Waals surface area (Å²) in [5, 5.41) is 18.9. The van der Waals surface area contributed by atoms with Crippen molar-refractivity contribution in [3.63, 3.8) is 0 Å². The first-order chi connectivity index (χ1) is 9.20. The normalized spacial score (nSPS) is 19.8. The zero-order valence-electron chi connectivity index (χ0n) is 9.93. The quantitative estimate of drug-likeness (QED) is 0.852.